The maximum atomic E-state index is 9.75. The number of hydrogen-bond acceptors (Lipinski definition) is 5. The molecule has 2 rings (SSSR count). The molecule has 0 radical (unpaired) electrons. The average Bonchev–Trinajstić information content (AvgIpc) is 2.33. The molecule has 1 aliphatic rings. The lowest BCUT2D eigenvalue weighted by atomic mass is 9.64. The highest BCUT2D eigenvalue weighted by atomic mass is 16.3. The molecular formula is C13H22N4O. The molecule has 100 valence electrons. The second-order valence-corrected chi connectivity index (χ2v) is 5.50. The molecule has 1 aliphatic carbocycles. The summed E-state index contributed by atoms with van der Waals surface area (Å²) in [4.78, 5) is 8.51. The fourth-order valence-corrected chi connectivity index (χ4v) is 2.25. The number of hydrogen-bond donors (Lipinski definition) is 3. The Morgan fingerprint density at radius 1 is 1.39 bits per heavy atom. The molecule has 0 aliphatic heterocycles. The van der Waals surface area contributed by atoms with Crippen LogP contribution < -0.4 is 10.6 Å². The van der Waals surface area contributed by atoms with Gasteiger partial charge in [-0.1, -0.05) is 13.8 Å². The Labute approximate surface area is 108 Å². The summed E-state index contributed by atoms with van der Waals surface area (Å²) < 4.78 is 0. The van der Waals surface area contributed by atoms with Gasteiger partial charge in [0, 0.05) is 23.6 Å². The van der Waals surface area contributed by atoms with Gasteiger partial charge in [0.1, 0.15) is 18.0 Å². The molecule has 1 fully saturated rings. The van der Waals surface area contributed by atoms with Gasteiger partial charge in [-0.3, -0.25) is 0 Å². The lowest BCUT2D eigenvalue weighted by molar-refractivity contribution is -0.0511. The first-order chi connectivity index (χ1) is 8.46. The Morgan fingerprint density at radius 3 is 2.61 bits per heavy atom. The van der Waals surface area contributed by atoms with Crippen molar-refractivity contribution in [3.8, 4) is 0 Å². The molecule has 18 heavy (non-hydrogen) atoms. The summed E-state index contributed by atoms with van der Waals surface area (Å²) in [5, 5.41) is 16.4. The van der Waals surface area contributed by atoms with Gasteiger partial charge in [-0.05, 0) is 20.3 Å². The first-order valence-corrected chi connectivity index (χ1v) is 6.46. The Morgan fingerprint density at radius 2 is 2.06 bits per heavy atom. The van der Waals surface area contributed by atoms with E-state index in [1.807, 2.05) is 13.8 Å². The second kappa shape index (κ2) is 4.72. The maximum Gasteiger partial charge on any atom is 0.134 e. The summed E-state index contributed by atoms with van der Waals surface area (Å²) in [6, 6.07) is 0.260. The summed E-state index contributed by atoms with van der Waals surface area (Å²) in [6.07, 6.45) is 2.10. The third-order valence-electron chi connectivity index (χ3n) is 3.96. The van der Waals surface area contributed by atoms with Crippen molar-refractivity contribution in [2.45, 2.75) is 46.3 Å². The zero-order valence-electron chi connectivity index (χ0n) is 11.5. The zero-order valence-corrected chi connectivity index (χ0v) is 11.5. The van der Waals surface area contributed by atoms with Gasteiger partial charge >= 0.3 is 0 Å². The fraction of sp³-hybridized carbons (Fsp3) is 0.692. The van der Waals surface area contributed by atoms with Crippen molar-refractivity contribution < 1.29 is 5.11 Å². The quantitative estimate of drug-likeness (QED) is 0.760. The van der Waals surface area contributed by atoms with Gasteiger partial charge in [0.15, 0.2) is 0 Å². The largest absolute Gasteiger partial charge is 0.392 e. The smallest absolute Gasteiger partial charge is 0.134 e. The molecule has 1 saturated carbocycles. The summed E-state index contributed by atoms with van der Waals surface area (Å²) in [6.45, 7) is 9.02. The molecule has 0 bridgehead atoms. The van der Waals surface area contributed by atoms with E-state index >= 15 is 0 Å². The molecular weight excluding hydrogens is 228 g/mol. The highest BCUT2D eigenvalue weighted by Crippen LogP contribution is 2.42. The topological polar surface area (TPSA) is 70.1 Å². The normalized spacial score (nSPS) is 25.4. The van der Waals surface area contributed by atoms with Crippen LogP contribution in [0.3, 0.4) is 0 Å². The molecule has 5 heteroatoms. The van der Waals surface area contributed by atoms with Crippen LogP contribution in [-0.2, 0) is 0 Å². The Bertz CT molecular complexity index is 433. The van der Waals surface area contributed by atoms with Crippen molar-refractivity contribution in [3.05, 3.63) is 11.9 Å². The highest BCUT2D eigenvalue weighted by Gasteiger charge is 2.47. The number of anilines is 2. The zero-order chi connectivity index (χ0) is 13.3. The molecule has 1 heterocycles. The van der Waals surface area contributed by atoms with Gasteiger partial charge in [-0.25, -0.2) is 9.97 Å². The van der Waals surface area contributed by atoms with E-state index < -0.39 is 0 Å². The molecule has 0 aromatic carbocycles. The Hall–Kier alpha value is -1.36. The van der Waals surface area contributed by atoms with E-state index in [-0.39, 0.29) is 17.6 Å². The van der Waals surface area contributed by atoms with Crippen molar-refractivity contribution in [2.75, 3.05) is 17.2 Å². The van der Waals surface area contributed by atoms with Crippen LogP contribution in [0.4, 0.5) is 11.6 Å². The van der Waals surface area contributed by atoms with E-state index in [1.54, 1.807) is 6.33 Å². The first kappa shape index (κ1) is 13.1. The third kappa shape index (κ3) is 2.14. The van der Waals surface area contributed by atoms with E-state index in [9.17, 15) is 5.11 Å². The van der Waals surface area contributed by atoms with Crippen LogP contribution in [0.15, 0.2) is 6.33 Å². The molecule has 5 nitrogen and oxygen atoms in total. The summed E-state index contributed by atoms with van der Waals surface area (Å²) >= 11 is 0. The predicted octanol–water partition coefficient (Wildman–Crippen LogP) is 1.79. The number of aliphatic hydroxyl groups is 1. The summed E-state index contributed by atoms with van der Waals surface area (Å²) in [5.41, 5.74) is 0.923. The van der Waals surface area contributed by atoms with Crippen LogP contribution in [-0.4, -0.2) is 33.8 Å². The van der Waals surface area contributed by atoms with Crippen LogP contribution >= 0.6 is 0 Å². The van der Waals surface area contributed by atoms with Crippen molar-refractivity contribution in [1.82, 2.24) is 9.97 Å². The van der Waals surface area contributed by atoms with E-state index in [0.717, 1.165) is 30.2 Å². The lowest BCUT2D eigenvalue weighted by Crippen LogP contribution is -2.57. The number of aliphatic hydroxyl groups excluding tert-OH is 1. The molecule has 0 amide bonds. The van der Waals surface area contributed by atoms with Crippen LogP contribution in [0.2, 0.25) is 0 Å². The molecule has 0 spiro atoms. The molecule has 3 N–H and O–H groups in total. The second-order valence-electron chi connectivity index (χ2n) is 5.50. The number of nitrogens with zero attached hydrogens (tertiary/aromatic N) is 2. The number of nitrogens with one attached hydrogen (secondary N) is 2. The SMILES string of the molecule is CCNc1ncnc(NC2CC(O)C2(C)C)c1C. The molecule has 0 saturated heterocycles. The highest BCUT2D eigenvalue weighted by molar-refractivity contribution is 5.57. The van der Waals surface area contributed by atoms with Gasteiger partial charge in [0.25, 0.3) is 0 Å². The standard InChI is InChI=1S/C13H22N4O/c1-5-14-11-8(2)12(16-7-15-11)17-9-6-10(18)13(9,3)4/h7,9-10,18H,5-6H2,1-4H3,(H2,14,15,16,17). The van der Waals surface area contributed by atoms with E-state index in [4.69, 9.17) is 0 Å². The molecule has 1 aromatic heterocycles. The predicted molar refractivity (Wildman–Crippen MR) is 72.7 cm³/mol. The van der Waals surface area contributed by atoms with Crippen molar-refractivity contribution in [3.63, 3.8) is 0 Å². The van der Waals surface area contributed by atoms with Gasteiger partial charge in [-0.15, -0.1) is 0 Å². The molecule has 2 unspecified atom stereocenters. The third-order valence-corrected chi connectivity index (χ3v) is 3.96. The maximum absolute atomic E-state index is 9.75. The van der Waals surface area contributed by atoms with Crippen LogP contribution in [0.1, 0.15) is 32.8 Å². The minimum Gasteiger partial charge on any atom is -0.392 e. The van der Waals surface area contributed by atoms with Crippen molar-refractivity contribution >= 4 is 11.6 Å². The van der Waals surface area contributed by atoms with Gasteiger partial charge in [0.05, 0.1) is 6.10 Å². The van der Waals surface area contributed by atoms with Gasteiger partial charge in [0.2, 0.25) is 0 Å². The van der Waals surface area contributed by atoms with Crippen molar-refractivity contribution in [2.24, 2.45) is 5.41 Å². The number of aromatic nitrogens is 2. The minimum absolute atomic E-state index is 0.101. The van der Waals surface area contributed by atoms with Crippen LogP contribution in [0.5, 0.6) is 0 Å². The lowest BCUT2D eigenvalue weighted by Gasteiger charge is -2.49. The van der Waals surface area contributed by atoms with E-state index in [0.29, 0.717) is 0 Å². The Balaban J connectivity index is 2.13. The molecule has 1 aromatic rings. The van der Waals surface area contributed by atoms with Crippen LogP contribution in [0.25, 0.3) is 0 Å². The van der Waals surface area contributed by atoms with Crippen molar-refractivity contribution in [1.29, 1.82) is 0 Å². The van der Waals surface area contributed by atoms with Gasteiger partial charge < -0.3 is 15.7 Å². The van der Waals surface area contributed by atoms with Gasteiger partial charge in [-0.2, -0.15) is 0 Å². The van der Waals surface area contributed by atoms with E-state index in [1.165, 1.54) is 0 Å². The average molecular weight is 250 g/mol. The Kier molecular flexibility index (Phi) is 3.43. The van der Waals surface area contributed by atoms with E-state index in [2.05, 4.69) is 34.4 Å². The minimum atomic E-state index is -0.231. The fourth-order valence-electron chi connectivity index (χ4n) is 2.25. The molecule has 2 atom stereocenters. The number of rotatable bonds is 4. The first-order valence-electron chi connectivity index (χ1n) is 6.46. The summed E-state index contributed by atoms with van der Waals surface area (Å²) in [7, 11) is 0. The van der Waals surface area contributed by atoms with Crippen LogP contribution in [0, 0.1) is 12.3 Å². The summed E-state index contributed by atoms with van der Waals surface area (Å²) in [5.74, 6) is 1.72. The monoisotopic (exact) mass is 250 g/mol.